The highest BCUT2D eigenvalue weighted by molar-refractivity contribution is 5.76. The lowest BCUT2D eigenvalue weighted by Gasteiger charge is -2.18. The Morgan fingerprint density at radius 1 is 1.44 bits per heavy atom. The molecule has 1 amide bonds. The summed E-state index contributed by atoms with van der Waals surface area (Å²) < 4.78 is 5.14. The van der Waals surface area contributed by atoms with Crippen LogP contribution in [0.2, 0.25) is 0 Å². The van der Waals surface area contributed by atoms with Crippen LogP contribution < -0.4 is 15.8 Å². The van der Waals surface area contributed by atoms with Crippen LogP contribution in [0.4, 0.5) is 0 Å². The van der Waals surface area contributed by atoms with E-state index >= 15 is 0 Å². The van der Waals surface area contributed by atoms with Crippen molar-refractivity contribution in [1.29, 1.82) is 0 Å². The first-order valence-corrected chi connectivity index (χ1v) is 6.09. The summed E-state index contributed by atoms with van der Waals surface area (Å²) in [5.74, 6) is 0.840. The molecule has 0 aromatic heterocycles. The lowest BCUT2D eigenvalue weighted by atomic mass is 10.1. The number of carbonyl (C=O) groups excluding carboxylic acids is 1. The molecule has 0 aliphatic rings. The van der Waals surface area contributed by atoms with Crippen LogP contribution in [0.5, 0.6) is 5.75 Å². The molecule has 4 heteroatoms. The number of aryl methyl sites for hydroxylation is 1. The molecule has 4 nitrogen and oxygen atoms in total. The number of nitrogens with two attached hydrogens (primary N) is 1. The average Bonchev–Trinajstić information content (AvgIpc) is 2.33. The molecule has 0 saturated carbocycles. The zero-order valence-electron chi connectivity index (χ0n) is 11.3. The zero-order chi connectivity index (χ0) is 13.6. The number of hydrogen-bond acceptors (Lipinski definition) is 3. The number of methoxy groups -OCH3 is 1. The minimum absolute atomic E-state index is 0.0244. The maximum atomic E-state index is 11.6. The lowest BCUT2D eigenvalue weighted by molar-refractivity contribution is -0.121. The van der Waals surface area contributed by atoms with Crippen molar-refractivity contribution in [3.05, 3.63) is 29.8 Å². The fourth-order valence-corrected chi connectivity index (χ4v) is 1.50. The van der Waals surface area contributed by atoms with Gasteiger partial charge in [0.2, 0.25) is 5.91 Å². The van der Waals surface area contributed by atoms with Crippen molar-refractivity contribution in [2.45, 2.75) is 32.2 Å². The molecule has 3 N–H and O–H groups in total. The maximum absolute atomic E-state index is 11.6. The van der Waals surface area contributed by atoms with Gasteiger partial charge >= 0.3 is 0 Å². The first-order valence-electron chi connectivity index (χ1n) is 6.09. The van der Waals surface area contributed by atoms with Gasteiger partial charge in [-0.3, -0.25) is 4.79 Å². The van der Waals surface area contributed by atoms with Crippen molar-refractivity contribution in [3.8, 4) is 5.75 Å². The van der Waals surface area contributed by atoms with Crippen LogP contribution in [-0.2, 0) is 11.2 Å². The number of benzene rings is 1. The summed E-state index contributed by atoms with van der Waals surface area (Å²) >= 11 is 0. The van der Waals surface area contributed by atoms with Gasteiger partial charge in [0.1, 0.15) is 5.75 Å². The van der Waals surface area contributed by atoms with Crippen LogP contribution in [-0.4, -0.2) is 25.1 Å². The van der Waals surface area contributed by atoms with E-state index in [9.17, 15) is 4.79 Å². The molecule has 1 aromatic rings. The van der Waals surface area contributed by atoms with E-state index in [0.717, 1.165) is 11.3 Å². The Bertz CT molecular complexity index is 397. The van der Waals surface area contributed by atoms with Crippen LogP contribution in [0, 0.1) is 0 Å². The number of hydrogen-bond donors (Lipinski definition) is 2. The molecular weight excluding hydrogens is 228 g/mol. The van der Waals surface area contributed by atoms with Crippen molar-refractivity contribution in [2.24, 2.45) is 5.73 Å². The Labute approximate surface area is 109 Å². The van der Waals surface area contributed by atoms with E-state index in [1.54, 1.807) is 7.11 Å². The van der Waals surface area contributed by atoms with Crippen LogP contribution in [0.3, 0.4) is 0 Å². The summed E-state index contributed by atoms with van der Waals surface area (Å²) in [5.41, 5.74) is 6.52. The lowest BCUT2D eigenvalue weighted by Crippen LogP contribution is -2.45. The quantitative estimate of drug-likeness (QED) is 0.804. The van der Waals surface area contributed by atoms with Crippen molar-refractivity contribution >= 4 is 5.91 Å². The van der Waals surface area contributed by atoms with E-state index in [-0.39, 0.29) is 11.4 Å². The molecule has 0 heterocycles. The number of ether oxygens (including phenoxy) is 1. The normalized spacial score (nSPS) is 11.1. The molecule has 0 saturated heterocycles. The molecule has 0 spiro atoms. The van der Waals surface area contributed by atoms with Gasteiger partial charge in [0, 0.05) is 18.5 Å². The highest BCUT2D eigenvalue weighted by Crippen LogP contribution is 2.13. The fraction of sp³-hybridized carbons (Fsp3) is 0.500. The molecule has 0 radical (unpaired) electrons. The molecule has 0 bridgehead atoms. The van der Waals surface area contributed by atoms with Gasteiger partial charge < -0.3 is 15.8 Å². The predicted molar refractivity (Wildman–Crippen MR) is 72.6 cm³/mol. The molecule has 0 fully saturated rings. The second-order valence-corrected chi connectivity index (χ2v) is 5.12. The van der Waals surface area contributed by atoms with E-state index in [0.29, 0.717) is 19.4 Å². The Kier molecular flexibility index (Phi) is 5.16. The Hall–Kier alpha value is -1.55. The smallest absolute Gasteiger partial charge is 0.220 e. The highest BCUT2D eigenvalue weighted by Gasteiger charge is 2.12. The molecule has 0 unspecified atom stereocenters. The second kappa shape index (κ2) is 6.40. The molecule has 1 rings (SSSR count). The third kappa shape index (κ3) is 5.68. The summed E-state index contributed by atoms with van der Waals surface area (Å²) in [7, 11) is 1.63. The van der Waals surface area contributed by atoms with E-state index in [1.165, 1.54) is 0 Å². The Balaban J connectivity index is 2.38. The molecular formula is C14H22N2O2. The molecule has 0 atom stereocenters. The fourth-order valence-electron chi connectivity index (χ4n) is 1.50. The van der Waals surface area contributed by atoms with Crippen molar-refractivity contribution in [1.82, 2.24) is 5.32 Å². The van der Waals surface area contributed by atoms with Gasteiger partial charge in [0.05, 0.1) is 7.11 Å². The molecule has 0 aliphatic heterocycles. The third-order valence-corrected chi connectivity index (χ3v) is 2.52. The van der Waals surface area contributed by atoms with Crippen molar-refractivity contribution in [2.75, 3.05) is 13.7 Å². The molecule has 100 valence electrons. The summed E-state index contributed by atoms with van der Waals surface area (Å²) in [6.45, 7) is 4.26. The average molecular weight is 250 g/mol. The highest BCUT2D eigenvalue weighted by atomic mass is 16.5. The Morgan fingerprint density at radius 3 is 2.78 bits per heavy atom. The first-order chi connectivity index (χ1) is 8.40. The van der Waals surface area contributed by atoms with E-state index in [4.69, 9.17) is 10.5 Å². The standard InChI is InChI=1S/C14H22N2O2/c1-14(2,15)10-16-13(17)8-7-11-5-4-6-12(9-11)18-3/h4-6,9H,7-8,10,15H2,1-3H3,(H,16,17). The minimum Gasteiger partial charge on any atom is -0.497 e. The van der Waals surface area contributed by atoms with Crippen molar-refractivity contribution < 1.29 is 9.53 Å². The minimum atomic E-state index is -0.369. The predicted octanol–water partition coefficient (Wildman–Crippen LogP) is 1.48. The van der Waals surface area contributed by atoms with E-state index < -0.39 is 0 Å². The number of carbonyl (C=O) groups is 1. The summed E-state index contributed by atoms with van der Waals surface area (Å²) in [6, 6.07) is 7.75. The van der Waals surface area contributed by atoms with Crippen LogP contribution >= 0.6 is 0 Å². The summed E-state index contributed by atoms with van der Waals surface area (Å²) in [5, 5.41) is 2.83. The number of rotatable bonds is 6. The topological polar surface area (TPSA) is 64.3 Å². The molecule has 18 heavy (non-hydrogen) atoms. The number of nitrogens with one attached hydrogen (secondary N) is 1. The van der Waals surface area contributed by atoms with Crippen LogP contribution in [0.15, 0.2) is 24.3 Å². The van der Waals surface area contributed by atoms with Crippen molar-refractivity contribution in [3.63, 3.8) is 0 Å². The molecule has 1 aromatic carbocycles. The van der Waals surface area contributed by atoms with Crippen LogP contribution in [0.25, 0.3) is 0 Å². The van der Waals surface area contributed by atoms with Gasteiger partial charge in [-0.1, -0.05) is 12.1 Å². The second-order valence-electron chi connectivity index (χ2n) is 5.12. The van der Waals surface area contributed by atoms with Gasteiger partial charge in [0.15, 0.2) is 0 Å². The number of amides is 1. The van der Waals surface area contributed by atoms with Gasteiger partial charge in [-0.05, 0) is 38.0 Å². The zero-order valence-corrected chi connectivity index (χ0v) is 11.3. The maximum Gasteiger partial charge on any atom is 0.220 e. The van der Waals surface area contributed by atoms with E-state index in [1.807, 2.05) is 38.1 Å². The monoisotopic (exact) mass is 250 g/mol. The molecule has 0 aliphatic carbocycles. The van der Waals surface area contributed by atoms with Crippen LogP contribution in [0.1, 0.15) is 25.8 Å². The third-order valence-electron chi connectivity index (χ3n) is 2.52. The van der Waals surface area contributed by atoms with Gasteiger partial charge in [-0.25, -0.2) is 0 Å². The van der Waals surface area contributed by atoms with Gasteiger partial charge in [-0.2, -0.15) is 0 Å². The van der Waals surface area contributed by atoms with E-state index in [2.05, 4.69) is 5.32 Å². The Morgan fingerprint density at radius 2 is 2.17 bits per heavy atom. The summed E-state index contributed by atoms with van der Waals surface area (Å²) in [6.07, 6.45) is 1.16. The summed E-state index contributed by atoms with van der Waals surface area (Å²) in [4.78, 5) is 11.6. The van der Waals surface area contributed by atoms with Gasteiger partial charge in [-0.15, -0.1) is 0 Å². The van der Waals surface area contributed by atoms with Gasteiger partial charge in [0.25, 0.3) is 0 Å². The first kappa shape index (κ1) is 14.5. The SMILES string of the molecule is COc1cccc(CCC(=O)NCC(C)(C)N)c1. The largest absolute Gasteiger partial charge is 0.497 e.